The Hall–Kier alpha value is -0.870. The Kier molecular flexibility index (Phi) is 5.20. The average molecular weight is 267 g/mol. The molecule has 1 aromatic rings. The molecule has 2 rings (SSSR count). The van der Waals surface area contributed by atoms with Gasteiger partial charge in [0.25, 0.3) is 0 Å². The topological polar surface area (TPSA) is 49.3 Å². The summed E-state index contributed by atoms with van der Waals surface area (Å²) in [7, 11) is 0. The number of hydrogen-bond donors (Lipinski definition) is 2. The van der Waals surface area contributed by atoms with E-state index >= 15 is 0 Å². The largest absolute Gasteiger partial charge is 0.396 e. The van der Waals surface area contributed by atoms with Gasteiger partial charge in [0.1, 0.15) is 0 Å². The van der Waals surface area contributed by atoms with Gasteiger partial charge in [-0.1, -0.05) is 12.5 Å². The van der Waals surface area contributed by atoms with Gasteiger partial charge in [-0.25, -0.2) is 0 Å². The predicted molar refractivity (Wildman–Crippen MR) is 73.6 cm³/mol. The maximum Gasteiger partial charge on any atom is 0.220 e. The fraction of sp³-hybridized carbons (Fsp3) is 0.643. The third-order valence-electron chi connectivity index (χ3n) is 3.65. The molecule has 3 nitrogen and oxygen atoms in total. The summed E-state index contributed by atoms with van der Waals surface area (Å²) >= 11 is 1.75. The van der Waals surface area contributed by atoms with Crippen molar-refractivity contribution in [1.82, 2.24) is 5.32 Å². The Morgan fingerprint density at radius 1 is 1.50 bits per heavy atom. The van der Waals surface area contributed by atoms with Crippen molar-refractivity contribution in [3.05, 3.63) is 22.4 Å². The first kappa shape index (κ1) is 13.6. The summed E-state index contributed by atoms with van der Waals surface area (Å²) in [6, 6.07) is 4.36. The van der Waals surface area contributed by atoms with Gasteiger partial charge < -0.3 is 10.4 Å². The zero-order chi connectivity index (χ0) is 12.8. The number of aryl methyl sites for hydroxylation is 1. The molecule has 4 heteroatoms. The molecule has 18 heavy (non-hydrogen) atoms. The van der Waals surface area contributed by atoms with E-state index in [0.717, 1.165) is 32.1 Å². The maximum absolute atomic E-state index is 11.8. The van der Waals surface area contributed by atoms with E-state index in [0.29, 0.717) is 6.42 Å². The molecule has 1 amide bonds. The van der Waals surface area contributed by atoms with E-state index in [2.05, 4.69) is 16.8 Å². The van der Waals surface area contributed by atoms with Crippen LogP contribution in [0.1, 0.15) is 37.0 Å². The number of rotatable bonds is 6. The van der Waals surface area contributed by atoms with E-state index < -0.39 is 0 Å². The van der Waals surface area contributed by atoms with Crippen molar-refractivity contribution in [2.45, 2.75) is 44.6 Å². The summed E-state index contributed by atoms with van der Waals surface area (Å²) in [5.74, 6) is 0.406. The molecule has 0 radical (unpaired) electrons. The number of hydrogen-bond acceptors (Lipinski definition) is 3. The second-order valence-electron chi connectivity index (χ2n) is 4.98. The molecule has 1 heterocycles. The molecule has 0 saturated heterocycles. The maximum atomic E-state index is 11.8. The van der Waals surface area contributed by atoms with Gasteiger partial charge in [-0.05, 0) is 37.1 Å². The number of aliphatic hydroxyl groups is 1. The molecular weight excluding hydrogens is 246 g/mol. The Morgan fingerprint density at radius 2 is 2.39 bits per heavy atom. The molecule has 1 aliphatic rings. The van der Waals surface area contributed by atoms with Crippen molar-refractivity contribution in [3.63, 3.8) is 0 Å². The Bertz CT molecular complexity index is 364. The lowest BCUT2D eigenvalue weighted by atomic mass is 10.0. The number of carbonyl (C=O) groups is 1. The molecule has 2 atom stereocenters. The second kappa shape index (κ2) is 6.90. The summed E-state index contributed by atoms with van der Waals surface area (Å²) in [6.07, 6.45) is 5.65. The molecule has 100 valence electrons. The number of aliphatic hydroxyl groups excluding tert-OH is 1. The van der Waals surface area contributed by atoms with Crippen LogP contribution >= 0.6 is 11.3 Å². The van der Waals surface area contributed by atoms with Gasteiger partial charge in [0.15, 0.2) is 0 Å². The Morgan fingerprint density at radius 3 is 3.11 bits per heavy atom. The normalized spacial score (nSPS) is 23.2. The molecule has 0 bridgehead atoms. The minimum atomic E-state index is 0.136. The molecule has 2 unspecified atom stereocenters. The predicted octanol–water partition coefficient (Wildman–Crippen LogP) is 2.35. The quantitative estimate of drug-likeness (QED) is 0.831. The summed E-state index contributed by atoms with van der Waals surface area (Å²) in [5, 5.41) is 14.3. The highest BCUT2D eigenvalue weighted by Gasteiger charge is 2.27. The smallest absolute Gasteiger partial charge is 0.220 e. The fourth-order valence-corrected chi connectivity index (χ4v) is 3.35. The van der Waals surface area contributed by atoms with Crippen molar-refractivity contribution < 1.29 is 9.90 Å². The van der Waals surface area contributed by atoms with Crippen LogP contribution in [0.15, 0.2) is 17.5 Å². The van der Waals surface area contributed by atoms with Crippen LogP contribution in [0.3, 0.4) is 0 Å². The molecular formula is C14H21NO2S. The van der Waals surface area contributed by atoms with E-state index in [1.54, 1.807) is 11.3 Å². The van der Waals surface area contributed by atoms with Crippen molar-refractivity contribution in [3.8, 4) is 0 Å². The minimum Gasteiger partial charge on any atom is -0.396 e. The average Bonchev–Trinajstić information content (AvgIpc) is 3.00. The van der Waals surface area contributed by atoms with Gasteiger partial charge in [-0.15, -0.1) is 11.3 Å². The Balaban J connectivity index is 1.65. The van der Waals surface area contributed by atoms with Crippen molar-refractivity contribution in [1.29, 1.82) is 0 Å². The number of nitrogens with one attached hydrogen (secondary N) is 1. The molecule has 1 aromatic heterocycles. The highest BCUT2D eigenvalue weighted by molar-refractivity contribution is 7.09. The summed E-state index contributed by atoms with van der Waals surface area (Å²) in [6.45, 7) is 0.195. The lowest BCUT2D eigenvalue weighted by Crippen LogP contribution is -2.38. The molecule has 1 fully saturated rings. The number of amides is 1. The second-order valence-corrected chi connectivity index (χ2v) is 6.01. The zero-order valence-electron chi connectivity index (χ0n) is 10.6. The molecule has 2 N–H and O–H groups in total. The van der Waals surface area contributed by atoms with Gasteiger partial charge in [-0.2, -0.15) is 0 Å². The first-order valence-corrected chi connectivity index (χ1v) is 7.60. The first-order chi connectivity index (χ1) is 8.79. The lowest BCUT2D eigenvalue weighted by Gasteiger charge is -2.18. The van der Waals surface area contributed by atoms with Gasteiger partial charge in [0.2, 0.25) is 5.91 Å². The highest BCUT2D eigenvalue weighted by atomic mass is 32.1. The van der Waals surface area contributed by atoms with Crippen molar-refractivity contribution in [2.75, 3.05) is 6.61 Å². The van der Waals surface area contributed by atoms with Crippen molar-refractivity contribution in [2.24, 2.45) is 5.92 Å². The van der Waals surface area contributed by atoms with Gasteiger partial charge in [0, 0.05) is 29.9 Å². The van der Waals surface area contributed by atoms with E-state index in [-0.39, 0.29) is 24.5 Å². The van der Waals surface area contributed by atoms with Crippen LogP contribution in [0.25, 0.3) is 0 Å². The van der Waals surface area contributed by atoms with Gasteiger partial charge in [-0.3, -0.25) is 4.79 Å². The number of thiophene rings is 1. The standard InChI is InChI=1S/C14H21NO2S/c16-10-11-4-1-7-13(11)15-14(17)8-2-5-12-6-3-9-18-12/h3,6,9,11,13,16H,1-2,4-5,7-8,10H2,(H,15,17). The molecule has 1 aliphatic carbocycles. The van der Waals surface area contributed by atoms with E-state index in [9.17, 15) is 9.90 Å². The Labute approximate surface area is 112 Å². The third kappa shape index (κ3) is 3.82. The van der Waals surface area contributed by atoms with Crippen LogP contribution in [-0.4, -0.2) is 23.7 Å². The summed E-state index contributed by atoms with van der Waals surface area (Å²) in [4.78, 5) is 13.1. The first-order valence-electron chi connectivity index (χ1n) is 6.72. The van der Waals surface area contributed by atoms with Crippen LogP contribution < -0.4 is 5.32 Å². The van der Waals surface area contributed by atoms with E-state index in [1.165, 1.54) is 4.88 Å². The van der Waals surface area contributed by atoms with Gasteiger partial charge in [0.05, 0.1) is 0 Å². The SMILES string of the molecule is O=C(CCCc1cccs1)NC1CCCC1CO. The zero-order valence-corrected chi connectivity index (χ0v) is 11.4. The highest BCUT2D eigenvalue weighted by Crippen LogP contribution is 2.25. The summed E-state index contributed by atoms with van der Waals surface area (Å²) < 4.78 is 0. The summed E-state index contributed by atoms with van der Waals surface area (Å²) in [5.41, 5.74) is 0. The molecule has 0 aromatic carbocycles. The van der Waals surface area contributed by atoms with Crippen LogP contribution in [-0.2, 0) is 11.2 Å². The van der Waals surface area contributed by atoms with Crippen LogP contribution in [0, 0.1) is 5.92 Å². The molecule has 1 saturated carbocycles. The van der Waals surface area contributed by atoms with Crippen LogP contribution in [0.4, 0.5) is 0 Å². The van der Waals surface area contributed by atoms with Gasteiger partial charge >= 0.3 is 0 Å². The third-order valence-corrected chi connectivity index (χ3v) is 4.58. The van der Waals surface area contributed by atoms with Crippen molar-refractivity contribution >= 4 is 17.2 Å². The molecule has 0 spiro atoms. The van der Waals surface area contributed by atoms with Crippen LogP contribution in [0.5, 0.6) is 0 Å². The van der Waals surface area contributed by atoms with E-state index in [1.807, 2.05) is 6.07 Å². The monoisotopic (exact) mass is 267 g/mol. The minimum absolute atomic E-state index is 0.136. The lowest BCUT2D eigenvalue weighted by molar-refractivity contribution is -0.122. The fourth-order valence-electron chi connectivity index (χ4n) is 2.60. The van der Waals surface area contributed by atoms with E-state index in [4.69, 9.17) is 0 Å². The number of carbonyl (C=O) groups excluding carboxylic acids is 1. The molecule has 0 aliphatic heterocycles. The van der Waals surface area contributed by atoms with Crippen LogP contribution in [0.2, 0.25) is 0 Å².